The first-order valence-corrected chi connectivity index (χ1v) is 3.51. The maximum Gasteiger partial charge on any atom is 0.255 e. The number of rotatable bonds is 2. The molecule has 1 aliphatic rings. The summed E-state index contributed by atoms with van der Waals surface area (Å²) in [5.41, 5.74) is 3.12. The summed E-state index contributed by atoms with van der Waals surface area (Å²) in [5, 5.41) is 5.82. The van der Waals surface area contributed by atoms with Gasteiger partial charge in [-0.15, -0.1) is 0 Å². The van der Waals surface area contributed by atoms with Gasteiger partial charge < -0.3 is 0 Å². The van der Waals surface area contributed by atoms with Crippen molar-refractivity contribution in [2.45, 2.75) is 13.3 Å². The minimum Gasteiger partial charge on any atom is -0.293 e. The van der Waals surface area contributed by atoms with Gasteiger partial charge in [0, 0.05) is 18.7 Å². The lowest BCUT2D eigenvalue weighted by molar-refractivity contribution is -0.122. The zero-order valence-electron chi connectivity index (χ0n) is 6.50. The fourth-order valence-corrected chi connectivity index (χ4v) is 0.958. The molecule has 0 aliphatic carbocycles. The summed E-state index contributed by atoms with van der Waals surface area (Å²) >= 11 is 0. The molecule has 11 heavy (non-hydrogen) atoms. The van der Waals surface area contributed by atoms with Crippen LogP contribution in [0.3, 0.4) is 0 Å². The fraction of sp³-hybridized carbons (Fsp3) is 0.667. The monoisotopic (exact) mass is 156 g/mol. The zero-order valence-corrected chi connectivity index (χ0v) is 6.50. The van der Waals surface area contributed by atoms with Gasteiger partial charge in [-0.25, -0.2) is 5.84 Å². The van der Waals surface area contributed by atoms with Crippen LogP contribution in [0.5, 0.6) is 0 Å². The molecule has 0 saturated carbocycles. The first-order valence-electron chi connectivity index (χ1n) is 3.51. The highest BCUT2D eigenvalue weighted by Gasteiger charge is 2.12. The van der Waals surface area contributed by atoms with Gasteiger partial charge in [-0.2, -0.15) is 5.10 Å². The number of carbonyl (C=O) groups excluding carboxylic acids is 1. The second kappa shape index (κ2) is 3.34. The highest BCUT2D eigenvalue weighted by atomic mass is 16.2. The van der Waals surface area contributed by atoms with Crippen molar-refractivity contribution in [3.63, 3.8) is 0 Å². The molecule has 1 rings (SSSR count). The minimum absolute atomic E-state index is 0.205. The van der Waals surface area contributed by atoms with Crippen molar-refractivity contribution in [2.75, 3.05) is 13.1 Å². The third-order valence-electron chi connectivity index (χ3n) is 1.53. The van der Waals surface area contributed by atoms with Gasteiger partial charge in [0.15, 0.2) is 0 Å². The van der Waals surface area contributed by atoms with Gasteiger partial charge >= 0.3 is 0 Å². The molecule has 0 radical (unpaired) electrons. The van der Waals surface area contributed by atoms with Gasteiger partial charge in [0.2, 0.25) is 0 Å². The SMILES string of the molecule is CC1=NN(CC(=O)NN)CC1. The minimum atomic E-state index is -0.205. The second-order valence-corrected chi connectivity index (χ2v) is 2.54. The van der Waals surface area contributed by atoms with E-state index in [1.807, 2.05) is 6.92 Å². The van der Waals surface area contributed by atoms with Gasteiger partial charge in [0.1, 0.15) is 6.54 Å². The van der Waals surface area contributed by atoms with Crippen LogP contribution >= 0.6 is 0 Å². The van der Waals surface area contributed by atoms with Crippen LogP contribution in [0.2, 0.25) is 0 Å². The van der Waals surface area contributed by atoms with Crippen LogP contribution in [0.25, 0.3) is 0 Å². The highest BCUT2D eigenvalue weighted by Crippen LogP contribution is 2.03. The van der Waals surface area contributed by atoms with E-state index in [4.69, 9.17) is 5.84 Å². The van der Waals surface area contributed by atoms with Crippen molar-refractivity contribution in [1.29, 1.82) is 0 Å². The number of nitrogens with zero attached hydrogens (tertiary/aromatic N) is 2. The summed E-state index contributed by atoms with van der Waals surface area (Å²) in [4.78, 5) is 10.7. The van der Waals surface area contributed by atoms with Crippen molar-refractivity contribution in [1.82, 2.24) is 10.4 Å². The Labute approximate surface area is 65.2 Å². The van der Waals surface area contributed by atoms with Crippen molar-refractivity contribution in [3.8, 4) is 0 Å². The summed E-state index contributed by atoms with van der Waals surface area (Å²) in [6.07, 6.45) is 0.942. The molecule has 1 aliphatic heterocycles. The van der Waals surface area contributed by atoms with Gasteiger partial charge in [-0.3, -0.25) is 15.2 Å². The van der Waals surface area contributed by atoms with Crippen LogP contribution in [0.4, 0.5) is 0 Å². The van der Waals surface area contributed by atoms with Gasteiger partial charge in [-0.1, -0.05) is 0 Å². The van der Waals surface area contributed by atoms with E-state index in [-0.39, 0.29) is 12.5 Å². The molecule has 0 aromatic carbocycles. The van der Waals surface area contributed by atoms with Crippen molar-refractivity contribution < 1.29 is 4.79 Å². The molecular weight excluding hydrogens is 144 g/mol. The number of amides is 1. The van der Waals surface area contributed by atoms with Crippen LogP contribution in [-0.4, -0.2) is 29.7 Å². The largest absolute Gasteiger partial charge is 0.293 e. The van der Waals surface area contributed by atoms with E-state index in [9.17, 15) is 4.79 Å². The lowest BCUT2D eigenvalue weighted by Crippen LogP contribution is -2.37. The molecule has 3 N–H and O–H groups in total. The average molecular weight is 156 g/mol. The third kappa shape index (κ3) is 2.19. The Balaban J connectivity index is 2.34. The molecule has 1 heterocycles. The molecule has 0 bridgehead atoms. The molecule has 1 amide bonds. The van der Waals surface area contributed by atoms with E-state index in [1.165, 1.54) is 0 Å². The van der Waals surface area contributed by atoms with Crippen LogP contribution in [0.1, 0.15) is 13.3 Å². The number of hydrogen-bond donors (Lipinski definition) is 2. The summed E-state index contributed by atoms with van der Waals surface area (Å²) < 4.78 is 0. The molecule has 0 aromatic heterocycles. The lowest BCUT2D eigenvalue weighted by Gasteiger charge is -2.10. The molecular formula is C6H12N4O. The predicted octanol–water partition coefficient (Wildman–Crippen LogP) is -0.942. The van der Waals surface area contributed by atoms with Crippen LogP contribution in [0.15, 0.2) is 5.10 Å². The molecule has 5 heteroatoms. The molecule has 5 nitrogen and oxygen atoms in total. The standard InChI is InChI=1S/C6H12N4O/c1-5-2-3-10(9-5)4-6(11)8-7/h2-4,7H2,1H3,(H,8,11). The summed E-state index contributed by atoms with van der Waals surface area (Å²) in [5.74, 6) is 4.70. The number of nitrogens with two attached hydrogens (primary N) is 1. The lowest BCUT2D eigenvalue weighted by atomic mass is 10.3. The highest BCUT2D eigenvalue weighted by molar-refractivity contribution is 5.84. The molecule has 0 aromatic rings. The molecule has 0 spiro atoms. The van der Waals surface area contributed by atoms with E-state index >= 15 is 0 Å². The fourth-order valence-electron chi connectivity index (χ4n) is 0.958. The van der Waals surface area contributed by atoms with Crippen molar-refractivity contribution >= 4 is 11.6 Å². The molecule has 0 fully saturated rings. The van der Waals surface area contributed by atoms with Crippen LogP contribution in [0, 0.1) is 0 Å². The van der Waals surface area contributed by atoms with E-state index in [0.29, 0.717) is 0 Å². The normalized spacial score (nSPS) is 16.5. The average Bonchev–Trinajstić information content (AvgIpc) is 2.35. The number of hydrazine groups is 1. The first-order chi connectivity index (χ1) is 5.22. The van der Waals surface area contributed by atoms with E-state index in [2.05, 4.69) is 10.5 Å². The number of nitrogens with one attached hydrogen (secondary N) is 1. The summed E-state index contributed by atoms with van der Waals surface area (Å²) in [6.45, 7) is 3.02. The van der Waals surface area contributed by atoms with E-state index < -0.39 is 0 Å². The smallest absolute Gasteiger partial charge is 0.255 e. The topological polar surface area (TPSA) is 70.7 Å². The third-order valence-corrected chi connectivity index (χ3v) is 1.53. The molecule has 0 unspecified atom stereocenters. The van der Waals surface area contributed by atoms with E-state index in [0.717, 1.165) is 18.7 Å². The van der Waals surface area contributed by atoms with Gasteiger partial charge in [0.25, 0.3) is 5.91 Å². The Morgan fingerprint density at radius 3 is 3.09 bits per heavy atom. The molecule has 0 atom stereocenters. The summed E-state index contributed by atoms with van der Waals surface area (Å²) in [6, 6.07) is 0. The van der Waals surface area contributed by atoms with Gasteiger partial charge in [0.05, 0.1) is 0 Å². The molecule has 62 valence electrons. The zero-order chi connectivity index (χ0) is 8.27. The predicted molar refractivity (Wildman–Crippen MR) is 41.6 cm³/mol. The number of hydrogen-bond acceptors (Lipinski definition) is 4. The maximum absolute atomic E-state index is 10.7. The Bertz CT molecular complexity index is 189. The van der Waals surface area contributed by atoms with Gasteiger partial charge in [-0.05, 0) is 6.92 Å². The maximum atomic E-state index is 10.7. The molecule has 0 saturated heterocycles. The second-order valence-electron chi connectivity index (χ2n) is 2.54. The number of hydrazone groups is 1. The Kier molecular flexibility index (Phi) is 2.43. The van der Waals surface area contributed by atoms with Crippen LogP contribution < -0.4 is 11.3 Å². The van der Waals surface area contributed by atoms with Crippen LogP contribution in [-0.2, 0) is 4.79 Å². The summed E-state index contributed by atoms with van der Waals surface area (Å²) in [7, 11) is 0. The number of carbonyl (C=O) groups is 1. The quantitative estimate of drug-likeness (QED) is 0.308. The Morgan fingerprint density at radius 1 is 1.91 bits per heavy atom. The van der Waals surface area contributed by atoms with Crippen molar-refractivity contribution in [2.24, 2.45) is 10.9 Å². The van der Waals surface area contributed by atoms with E-state index in [1.54, 1.807) is 5.01 Å². The Hall–Kier alpha value is -1.10. The van der Waals surface area contributed by atoms with Crippen molar-refractivity contribution in [3.05, 3.63) is 0 Å². The first kappa shape index (κ1) is 8.00. The Morgan fingerprint density at radius 2 is 2.64 bits per heavy atom.